The van der Waals surface area contributed by atoms with Crippen LogP contribution in [-0.2, 0) is 0 Å². The van der Waals surface area contributed by atoms with Gasteiger partial charge < -0.3 is 20.4 Å². The largest absolute Gasteiger partial charge is 0.497 e. The fourth-order valence-electron chi connectivity index (χ4n) is 2.28. The Balaban J connectivity index is 1.62. The van der Waals surface area contributed by atoms with Crippen molar-refractivity contribution in [2.24, 2.45) is 0 Å². The van der Waals surface area contributed by atoms with E-state index in [1.807, 2.05) is 0 Å². The Morgan fingerprint density at radius 3 is 2.04 bits per heavy atom. The summed E-state index contributed by atoms with van der Waals surface area (Å²) in [6.45, 7) is 0. The highest BCUT2D eigenvalue weighted by molar-refractivity contribution is 6.31. The summed E-state index contributed by atoms with van der Waals surface area (Å²) in [4.78, 5) is 27.1. The van der Waals surface area contributed by atoms with Crippen molar-refractivity contribution in [3.8, 4) is 5.75 Å². The van der Waals surface area contributed by atoms with E-state index in [0.29, 0.717) is 33.4 Å². The maximum Gasteiger partial charge on any atom is 0.272 e. The molecule has 6 nitrogen and oxygen atoms in total. The number of rotatable bonds is 5. The third-order valence-corrected chi connectivity index (χ3v) is 3.86. The number of amides is 2. The molecule has 3 N–H and O–H groups in total. The van der Waals surface area contributed by atoms with E-state index in [1.165, 1.54) is 12.3 Å². The van der Waals surface area contributed by atoms with Gasteiger partial charge in [0, 0.05) is 23.1 Å². The van der Waals surface area contributed by atoms with Gasteiger partial charge in [-0.1, -0.05) is 11.6 Å². The predicted octanol–water partition coefficient (Wildman–Crippen LogP) is 4.18. The first-order valence-corrected chi connectivity index (χ1v) is 8.14. The van der Waals surface area contributed by atoms with Gasteiger partial charge in [0.25, 0.3) is 11.8 Å². The minimum Gasteiger partial charge on any atom is -0.497 e. The molecule has 0 bridgehead atoms. The Kier molecular flexibility index (Phi) is 5.24. The lowest BCUT2D eigenvalue weighted by atomic mass is 10.2. The van der Waals surface area contributed by atoms with Gasteiger partial charge in [-0.15, -0.1) is 0 Å². The number of benzene rings is 2. The number of ether oxygens (including phenoxy) is 1. The van der Waals surface area contributed by atoms with E-state index in [4.69, 9.17) is 16.3 Å². The molecule has 2 amide bonds. The molecular weight excluding hydrogens is 354 g/mol. The molecule has 0 saturated heterocycles. The molecule has 0 saturated carbocycles. The molecule has 0 radical (unpaired) electrons. The minimum atomic E-state index is -0.313. The number of aromatic amines is 1. The monoisotopic (exact) mass is 369 g/mol. The van der Waals surface area contributed by atoms with Crippen molar-refractivity contribution in [3.05, 3.63) is 77.1 Å². The summed E-state index contributed by atoms with van der Waals surface area (Å²) < 4.78 is 5.08. The van der Waals surface area contributed by atoms with E-state index in [0.717, 1.165) is 0 Å². The number of halogens is 1. The fourth-order valence-corrected chi connectivity index (χ4v) is 2.44. The second-order valence-corrected chi connectivity index (χ2v) is 5.88. The average molecular weight is 370 g/mol. The van der Waals surface area contributed by atoms with Gasteiger partial charge in [-0.3, -0.25) is 9.59 Å². The molecule has 0 atom stereocenters. The van der Waals surface area contributed by atoms with Crippen molar-refractivity contribution in [2.75, 3.05) is 17.7 Å². The van der Waals surface area contributed by atoms with Crippen molar-refractivity contribution < 1.29 is 14.3 Å². The topological polar surface area (TPSA) is 83.2 Å². The molecule has 2 aromatic carbocycles. The fraction of sp³-hybridized carbons (Fsp3) is 0.0526. The number of carbonyl (C=O) groups excluding carboxylic acids is 2. The van der Waals surface area contributed by atoms with Crippen LogP contribution in [0.25, 0.3) is 0 Å². The number of hydrogen-bond donors (Lipinski definition) is 3. The molecule has 3 rings (SSSR count). The van der Waals surface area contributed by atoms with Crippen LogP contribution in [0.5, 0.6) is 5.75 Å². The lowest BCUT2D eigenvalue weighted by molar-refractivity contribution is 0.101. The van der Waals surface area contributed by atoms with Crippen LogP contribution in [0.2, 0.25) is 5.02 Å². The molecule has 1 heterocycles. The highest BCUT2D eigenvalue weighted by atomic mass is 35.5. The van der Waals surface area contributed by atoms with Gasteiger partial charge in [0.1, 0.15) is 11.4 Å². The Morgan fingerprint density at radius 2 is 1.50 bits per heavy atom. The number of carbonyl (C=O) groups is 2. The zero-order chi connectivity index (χ0) is 18.5. The van der Waals surface area contributed by atoms with Gasteiger partial charge in [-0.05, 0) is 54.6 Å². The number of anilines is 2. The molecule has 0 fully saturated rings. The Morgan fingerprint density at radius 1 is 0.923 bits per heavy atom. The standard InChI is InChI=1S/C19H16ClN3O3/c1-26-16-8-6-15(7-9-16)22-18(24)12-2-4-14(5-3-12)23-19(25)17-10-13(20)11-21-17/h2-11,21H,1H3,(H,22,24)(H,23,25). The second-order valence-electron chi connectivity index (χ2n) is 5.45. The first kappa shape index (κ1) is 17.6. The van der Waals surface area contributed by atoms with Gasteiger partial charge >= 0.3 is 0 Å². The molecule has 0 unspecified atom stereocenters. The maximum atomic E-state index is 12.3. The minimum absolute atomic E-state index is 0.246. The molecule has 26 heavy (non-hydrogen) atoms. The summed E-state index contributed by atoms with van der Waals surface area (Å²) in [5, 5.41) is 5.98. The number of nitrogens with one attached hydrogen (secondary N) is 3. The summed E-state index contributed by atoms with van der Waals surface area (Å²) in [6, 6.07) is 15.2. The molecule has 1 aromatic heterocycles. The lowest BCUT2D eigenvalue weighted by Gasteiger charge is -2.08. The van der Waals surface area contributed by atoms with E-state index >= 15 is 0 Å². The van der Waals surface area contributed by atoms with Gasteiger partial charge in [-0.25, -0.2) is 0 Å². The third-order valence-electron chi connectivity index (χ3n) is 3.65. The zero-order valence-electron chi connectivity index (χ0n) is 13.9. The molecule has 3 aromatic rings. The van der Waals surface area contributed by atoms with Crippen LogP contribution in [0, 0.1) is 0 Å². The molecule has 0 aliphatic heterocycles. The summed E-state index contributed by atoms with van der Waals surface area (Å²) >= 11 is 5.78. The van der Waals surface area contributed by atoms with E-state index in [-0.39, 0.29) is 11.8 Å². The quantitative estimate of drug-likeness (QED) is 0.630. The molecule has 0 spiro atoms. The molecule has 132 valence electrons. The van der Waals surface area contributed by atoms with Crippen LogP contribution in [0.1, 0.15) is 20.8 Å². The Hall–Kier alpha value is -3.25. The van der Waals surface area contributed by atoms with E-state index in [1.54, 1.807) is 55.6 Å². The summed E-state index contributed by atoms with van der Waals surface area (Å²) in [7, 11) is 1.58. The summed E-state index contributed by atoms with van der Waals surface area (Å²) in [5.74, 6) is 0.156. The highest BCUT2D eigenvalue weighted by Gasteiger charge is 2.10. The van der Waals surface area contributed by atoms with E-state index in [2.05, 4.69) is 15.6 Å². The van der Waals surface area contributed by atoms with Crippen LogP contribution >= 0.6 is 11.6 Å². The molecule has 0 aliphatic carbocycles. The maximum absolute atomic E-state index is 12.3. The highest BCUT2D eigenvalue weighted by Crippen LogP contribution is 2.17. The van der Waals surface area contributed by atoms with Crippen LogP contribution < -0.4 is 15.4 Å². The smallest absolute Gasteiger partial charge is 0.272 e. The van der Waals surface area contributed by atoms with Crippen LogP contribution in [0.4, 0.5) is 11.4 Å². The predicted molar refractivity (Wildman–Crippen MR) is 101 cm³/mol. The van der Waals surface area contributed by atoms with Crippen LogP contribution in [0.15, 0.2) is 60.8 Å². The van der Waals surface area contributed by atoms with Gasteiger partial charge in [0.15, 0.2) is 0 Å². The summed E-state index contributed by atoms with van der Waals surface area (Å²) in [5.41, 5.74) is 2.07. The number of H-pyrrole nitrogens is 1. The van der Waals surface area contributed by atoms with Gasteiger partial charge in [0.05, 0.1) is 12.1 Å². The van der Waals surface area contributed by atoms with Crippen molar-refractivity contribution >= 4 is 34.8 Å². The van der Waals surface area contributed by atoms with Crippen molar-refractivity contribution in [3.63, 3.8) is 0 Å². The summed E-state index contributed by atoms with van der Waals surface area (Å²) in [6.07, 6.45) is 1.53. The Bertz CT molecular complexity index is 918. The van der Waals surface area contributed by atoms with E-state index < -0.39 is 0 Å². The second kappa shape index (κ2) is 7.76. The average Bonchev–Trinajstić information content (AvgIpc) is 3.09. The number of methoxy groups -OCH3 is 1. The van der Waals surface area contributed by atoms with E-state index in [9.17, 15) is 9.59 Å². The normalized spacial score (nSPS) is 10.2. The van der Waals surface area contributed by atoms with Gasteiger partial charge in [0.2, 0.25) is 0 Å². The van der Waals surface area contributed by atoms with Crippen LogP contribution in [-0.4, -0.2) is 23.9 Å². The Labute approximate surface area is 155 Å². The van der Waals surface area contributed by atoms with Crippen molar-refractivity contribution in [1.82, 2.24) is 4.98 Å². The zero-order valence-corrected chi connectivity index (χ0v) is 14.6. The molecule has 0 aliphatic rings. The van der Waals surface area contributed by atoms with Gasteiger partial charge in [-0.2, -0.15) is 0 Å². The molecular formula is C19H16ClN3O3. The van der Waals surface area contributed by atoms with Crippen molar-refractivity contribution in [2.45, 2.75) is 0 Å². The first-order chi connectivity index (χ1) is 12.5. The number of aromatic nitrogens is 1. The first-order valence-electron chi connectivity index (χ1n) is 7.76. The molecule has 7 heteroatoms. The number of hydrogen-bond acceptors (Lipinski definition) is 3. The van der Waals surface area contributed by atoms with Crippen LogP contribution in [0.3, 0.4) is 0 Å². The lowest BCUT2D eigenvalue weighted by Crippen LogP contribution is -2.14. The SMILES string of the molecule is COc1ccc(NC(=O)c2ccc(NC(=O)c3cc(Cl)c[nH]3)cc2)cc1. The third kappa shape index (κ3) is 4.23. The van der Waals surface area contributed by atoms with Crippen molar-refractivity contribution in [1.29, 1.82) is 0 Å².